The third-order valence-electron chi connectivity index (χ3n) is 2.79. The van der Waals surface area contributed by atoms with E-state index in [1.54, 1.807) is 0 Å². The van der Waals surface area contributed by atoms with Crippen LogP contribution in [0.4, 0.5) is 0 Å². The summed E-state index contributed by atoms with van der Waals surface area (Å²) in [5.41, 5.74) is 4.54. The van der Waals surface area contributed by atoms with Crippen molar-refractivity contribution in [2.45, 2.75) is 13.0 Å². The Morgan fingerprint density at radius 1 is 1.38 bits per heavy atom. The second-order valence-corrected chi connectivity index (χ2v) is 4.76. The van der Waals surface area contributed by atoms with Crippen LogP contribution in [0.3, 0.4) is 0 Å². The number of rotatable bonds is 1. The highest BCUT2D eigenvalue weighted by Crippen LogP contribution is 2.28. The lowest BCUT2D eigenvalue weighted by atomic mass is 10.0. The van der Waals surface area contributed by atoms with Gasteiger partial charge in [-0.3, -0.25) is 5.10 Å². The van der Waals surface area contributed by atoms with Gasteiger partial charge in [0.1, 0.15) is 0 Å². The Hall–Kier alpha value is -1.13. The zero-order valence-corrected chi connectivity index (χ0v) is 10.3. The lowest BCUT2D eigenvalue weighted by Gasteiger charge is -2.12. The monoisotopic (exact) mass is 278 g/mol. The molecule has 1 aromatic heterocycles. The van der Waals surface area contributed by atoms with Gasteiger partial charge in [0.25, 0.3) is 0 Å². The minimum Gasteiger partial charge on any atom is -0.376 e. The van der Waals surface area contributed by atoms with Crippen LogP contribution in [0.15, 0.2) is 28.7 Å². The van der Waals surface area contributed by atoms with Crippen molar-refractivity contribution in [1.82, 2.24) is 10.2 Å². The number of benzene rings is 1. The molecular formula is C12H11BrN2O. The predicted molar refractivity (Wildman–Crippen MR) is 65.1 cm³/mol. The first-order valence-corrected chi connectivity index (χ1v) is 6.04. The lowest BCUT2D eigenvalue weighted by Crippen LogP contribution is -2.08. The molecule has 82 valence electrons. The molecule has 0 bridgehead atoms. The summed E-state index contributed by atoms with van der Waals surface area (Å²) < 4.78 is 6.54. The molecule has 2 aromatic rings. The van der Waals surface area contributed by atoms with Gasteiger partial charge >= 0.3 is 0 Å². The summed E-state index contributed by atoms with van der Waals surface area (Å²) in [6.07, 6.45) is 0.927. The number of hydrogen-bond donors (Lipinski definition) is 1. The zero-order valence-electron chi connectivity index (χ0n) is 8.66. The van der Waals surface area contributed by atoms with Crippen LogP contribution in [0.1, 0.15) is 11.3 Å². The third-order valence-corrected chi connectivity index (χ3v) is 3.29. The molecule has 0 unspecified atom stereocenters. The maximum atomic E-state index is 5.47. The van der Waals surface area contributed by atoms with E-state index >= 15 is 0 Å². The molecule has 0 aliphatic carbocycles. The number of nitrogens with one attached hydrogen (secondary N) is 1. The van der Waals surface area contributed by atoms with Crippen molar-refractivity contribution in [1.29, 1.82) is 0 Å². The molecule has 0 amide bonds. The van der Waals surface area contributed by atoms with Crippen LogP contribution in [-0.2, 0) is 17.8 Å². The van der Waals surface area contributed by atoms with Crippen LogP contribution in [0, 0.1) is 0 Å². The molecule has 3 rings (SSSR count). The molecule has 1 aromatic carbocycles. The molecule has 16 heavy (non-hydrogen) atoms. The molecule has 0 saturated carbocycles. The van der Waals surface area contributed by atoms with Gasteiger partial charge in [-0.05, 0) is 12.1 Å². The molecule has 1 N–H and O–H groups in total. The number of ether oxygens (including phenoxy) is 1. The average molecular weight is 279 g/mol. The van der Waals surface area contributed by atoms with E-state index in [2.05, 4.69) is 38.3 Å². The number of fused-ring (bicyclic) bond motifs is 1. The molecule has 0 radical (unpaired) electrons. The van der Waals surface area contributed by atoms with Crippen molar-refractivity contribution in [3.63, 3.8) is 0 Å². The minimum atomic E-state index is 0.660. The summed E-state index contributed by atoms with van der Waals surface area (Å²) in [4.78, 5) is 0. The van der Waals surface area contributed by atoms with Gasteiger partial charge in [-0.2, -0.15) is 5.10 Å². The number of nitrogens with zero attached hydrogens (tertiary/aromatic N) is 1. The number of aromatic amines is 1. The first kappa shape index (κ1) is 10.1. The van der Waals surface area contributed by atoms with Crippen LogP contribution in [0.2, 0.25) is 0 Å². The topological polar surface area (TPSA) is 37.9 Å². The molecule has 0 fully saturated rings. The second kappa shape index (κ2) is 4.03. The van der Waals surface area contributed by atoms with E-state index < -0.39 is 0 Å². The first-order chi connectivity index (χ1) is 7.84. The highest BCUT2D eigenvalue weighted by Gasteiger charge is 2.18. The first-order valence-electron chi connectivity index (χ1n) is 5.24. The van der Waals surface area contributed by atoms with Gasteiger partial charge in [-0.15, -0.1) is 0 Å². The van der Waals surface area contributed by atoms with Crippen LogP contribution in [-0.4, -0.2) is 16.8 Å². The fourth-order valence-corrected chi connectivity index (χ4v) is 2.39. The molecule has 2 heterocycles. The smallest absolute Gasteiger partial charge is 0.0979 e. The van der Waals surface area contributed by atoms with E-state index in [0.29, 0.717) is 6.61 Å². The Morgan fingerprint density at radius 3 is 3.19 bits per heavy atom. The SMILES string of the molecule is Brc1cccc(-c2n[nH]c3c2COCC3)c1. The number of H-pyrrole nitrogens is 1. The van der Waals surface area contributed by atoms with Crippen molar-refractivity contribution in [3.05, 3.63) is 40.0 Å². The highest BCUT2D eigenvalue weighted by atomic mass is 79.9. The van der Waals surface area contributed by atoms with E-state index in [-0.39, 0.29) is 0 Å². The minimum absolute atomic E-state index is 0.660. The molecule has 0 atom stereocenters. The Balaban J connectivity index is 2.09. The van der Waals surface area contributed by atoms with E-state index in [0.717, 1.165) is 28.8 Å². The van der Waals surface area contributed by atoms with Gasteiger partial charge < -0.3 is 4.74 Å². The summed E-state index contributed by atoms with van der Waals surface area (Å²) in [5.74, 6) is 0. The number of hydrogen-bond acceptors (Lipinski definition) is 2. The molecule has 1 aliphatic rings. The standard InChI is InChI=1S/C12H11BrN2O/c13-9-3-1-2-8(6-9)12-10-7-16-5-4-11(10)14-15-12/h1-3,6H,4-5,7H2,(H,14,15). The van der Waals surface area contributed by atoms with Gasteiger partial charge in [0.15, 0.2) is 0 Å². The van der Waals surface area contributed by atoms with Crippen molar-refractivity contribution in [2.24, 2.45) is 0 Å². The van der Waals surface area contributed by atoms with Crippen molar-refractivity contribution < 1.29 is 4.74 Å². The third kappa shape index (κ3) is 1.68. The summed E-state index contributed by atoms with van der Waals surface area (Å²) in [7, 11) is 0. The molecule has 1 aliphatic heterocycles. The molecule has 0 saturated heterocycles. The normalized spacial score (nSPS) is 14.8. The van der Waals surface area contributed by atoms with Crippen LogP contribution in [0.5, 0.6) is 0 Å². The fourth-order valence-electron chi connectivity index (χ4n) is 1.99. The summed E-state index contributed by atoms with van der Waals surface area (Å²) in [6.45, 7) is 1.45. The van der Waals surface area contributed by atoms with Crippen molar-refractivity contribution >= 4 is 15.9 Å². The lowest BCUT2D eigenvalue weighted by molar-refractivity contribution is 0.110. The summed E-state index contributed by atoms with van der Waals surface area (Å²) in [6, 6.07) is 8.17. The Kier molecular flexibility index (Phi) is 2.53. The van der Waals surface area contributed by atoms with E-state index in [1.165, 1.54) is 11.3 Å². The van der Waals surface area contributed by atoms with Crippen molar-refractivity contribution in [3.8, 4) is 11.3 Å². The number of halogens is 1. The van der Waals surface area contributed by atoms with Crippen molar-refractivity contribution in [2.75, 3.05) is 6.61 Å². The summed E-state index contributed by atoms with van der Waals surface area (Å²) in [5, 5.41) is 7.48. The zero-order chi connectivity index (χ0) is 11.0. The van der Waals surface area contributed by atoms with Gasteiger partial charge in [0.2, 0.25) is 0 Å². The highest BCUT2D eigenvalue weighted by molar-refractivity contribution is 9.10. The largest absolute Gasteiger partial charge is 0.376 e. The fraction of sp³-hybridized carbons (Fsp3) is 0.250. The molecular weight excluding hydrogens is 268 g/mol. The Morgan fingerprint density at radius 2 is 2.31 bits per heavy atom. The quantitative estimate of drug-likeness (QED) is 0.871. The average Bonchev–Trinajstić information content (AvgIpc) is 2.72. The van der Waals surface area contributed by atoms with Crippen LogP contribution in [0.25, 0.3) is 11.3 Å². The second-order valence-electron chi connectivity index (χ2n) is 3.84. The molecule has 4 heteroatoms. The maximum Gasteiger partial charge on any atom is 0.0979 e. The Labute approximate surface area is 102 Å². The van der Waals surface area contributed by atoms with E-state index in [1.807, 2.05) is 12.1 Å². The van der Waals surface area contributed by atoms with Gasteiger partial charge in [-0.1, -0.05) is 28.1 Å². The van der Waals surface area contributed by atoms with Gasteiger partial charge in [0, 0.05) is 27.7 Å². The van der Waals surface area contributed by atoms with Crippen LogP contribution < -0.4 is 0 Å². The maximum absolute atomic E-state index is 5.47. The van der Waals surface area contributed by atoms with Gasteiger partial charge in [-0.25, -0.2) is 0 Å². The molecule has 0 spiro atoms. The summed E-state index contributed by atoms with van der Waals surface area (Å²) >= 11 is 3.47. The van der Waals surface area contributed by atoms with E-state index in [9.17, 15) is 0 Å². The predicted octanol–water partition coefficient (Wildman–Crippen LogP) is 2.91. The van der Waals surface area contributed by atoms with E-state index in [4.69, 9.17) is 4.74 Å². The molecule has 3 nitrogen and oxygen atoms in total. The van der Waals surface area contributed by atoms with Gasteiger partial charge in [0.05, 0.1) is 18.9 Å². The van der Waals surface area contributed by atoms with Crippen LogP contribution >= 0.6 is 15.9 Å². The Bertz CT molecular complexity index is 521. The number of aromatic nitrogens is 2.